The lowest BCUT2D eigenvalue weighted by atomic mass is 9.96. The van der Waals surface area contributed by atoms with Gasteiger partial charge in [-0.05, 0) is 48.6 Å². The molecule has 0 fully saturated rings. The minimum Gasteiger partial charge on any atom is -0.494 e. The highest BCUT2D eigenvalue weighted by atomic mass is 32.1. The smallest absolute Gasteiger partial charge is 0.338 e. The van der Waals surface area contributed by atoms with Gasteiger partial charge in [0.05, 0.1) is 35.1 Å². The quantitative estimate of drug-likeness (QED) is 0.230. The zero-order valence-corrected chi connectivity index (χ0v) is 23.9. The van der Waals surface area contributed by atoms with E-state index in [4.69, 9.17) is 9.47 Å². The lowest BCUT2D eigenvalue weighted by molar-refractivity contribution is -0.140. The van der Waals surface area contributed by atoms with Crippen molar-refractivity contribution in [3.8, 4) is 5.75 Å². The molecule has 0 radical (unpaired) electrons. The number of esters is 1. The van der Waals surface area contributed by atoms with Crippen molar-refractivity contribution in [3.63, 3.8) is 0 Å². The second-order valence-electron chi connectivity index (χ2n) is 9.99. The molecule has 3 aromatic rings. The number of hydrogen-bond acceptors (Lipinski definition) is 6. The van der Waals surface area contributed by atoms with Crippen LogP contribution in [0.25, 0.3) is 12.2 Å². The van der Waals surface area contributed by atoms with Crippen molar-refractivity contribution in [1.29, 1.82) is 0 Å². The van der Waals surface area contributed by atoms with Gasteiger partial charge in [0.15, 0.2) is 4.80 Å². The summed E-state index contributed by atoms with van der Waals surface area (Å²) in [4.78, 5) is 32.3. The van der Waals surface area contributed by atoms with E-state index in [0.717, 1.165) is 36.1 Å². The van der Waals surface area contributed by atoms with Crippen molar-refractivity contribution in [2.45, 2.75) is 53.0 Å². The number of allylic oxidation sites excluding steroid dienone is 2. The van der Waals surface area contributed by atoms with Gasteiger partial charge in [0, 0.05) is 0 Å². The van der Waals surface area contributed by atoms with Gasteiger partial charge in [-0.15, -0.1) is 0 Å². The van der Waals surface area contributed by atoms with Crippen LogP contribution in [0.15, 0.2) is 81.7 Å². The van der Waals surface area contributed by atoms with Crippen LogP contribution in [0, 0.1) is 5.92 Å². The van der Waals surface area contributed by atoms with Gasteiger partial charge in [-0.3, -0.25) is 9.36 Å². The molecule has 7 heteroatoms. The van der Waals surface area contributed by atoms with E-state index in [-0.39, 0.29) is 11.5 Å². The first-order valence-corrected chi connectivity index (χ1v) is 14.3. The van der Waals surface area contributed by atoms with Crippen LogP contribution in [0.5, 0.6) is 5.75 Å². The molecule has 1 aromatic heterocycles. The van der Waals surface area contributed by atoms with E-state index < -0.39 is 12.0 Å². The molecule has 0 saturated carbocycles. The van der Waals surface area contributed by atoms with Crippen molar-refractivity contribution in [2.75, 3.05) is 13.2 Å². The summed E-state index contributed by atoms with van der Waals surface area (Å²) < 4.78 is 13.7. The molecule has 4 rings (SSSR count). The molecule has 1 aliphatic heterocycles. The molecule has 1 atom stereocenters. The molecule has 39 heavy (non-hydrogen) atoms. The van der Waals surface area contributed by atoms with Gasteiger partial charge in [-0.1, -0.05) is 99.6 Å². The predicted molar refractivity (Wildman–Crippen MR) is 157 cm³/mol. The Balaban J connectivity index is 1.73. The van der Waals surface area contributed by atoms with Crippen LogP contribution >= 0.6 is 11.3 Å². The summed E-state index contributed by atoms with van der Waals surface area (Å²) in [5, 5.41) is 0. The number of carbonyl (C=O) groups is 1. The average Bonchev–Trinajstić information content (AvgIpc) is 3.24. The summed E-state index contributed by atoms with van der Waals surface area (Å²) in [6.07, 6.45) is 8.88. The fourth-order valence-corrected chi connectivity index (χ4v) is 5.33. The zero-order valence-electron chi connectivity index (χ0n) is 23.1. The molecule has 1 unspecified atom stereocenters. The van der Waals surface area contributed by atoms with Gasteiger partial charge in [0.1, 0.15) is 5.75 Å². The third kappa shape index (κ3) is 7.03. The van der Waals surface area contributed by atoms with E-state index >= 15 is 0 Å². The number of nitrogens with zero attached hydrogens (tertiary/aromatic N) is 2. The number of fused-ring (bicyclic) bond motifs is 1. The first-order valence-electron chi connectivity index (χ1n) is 13.5. The zero-order chi connectivity index (χ0) is 27.8. The molecular formula is C32H36N2O4S. The van der Waals surface area contributed by atoms with E-state index in [9.17, 15) is 9.59 Å². The standard InChI is InChI=1S/C32H36N2O4S/c1-5-6-10-20-37-26-18-16-25(17-19-26)29-28(31(36)38-21-22(2)3)23(4)33-32-34(29)30(35)27(39-32)15-11-14-24-12-8-7-9-13-24/h7-9,11-19,22,29H,5-6,10,20-21H2,1-4H3/b14-11+,27-15-. The summed E-state index contributed by atoms with van der Waals surface area (Å²) in [5.41, 5.74) is 2.59. The lowest BCUT2D eigenvalue weighted by Gasteiger charge is -2.25. The Hall–Kier alpha value is -3.71. The van der Waals surface area contributed by atoms with E-state index in [2.05, 4.69) is 11.9 Å². The fourth-order valence-electron chi connectivity index (χ4n) is 4.33. The largest absolute Gasteiger partial charge is 0.494 e. The predicted octanol–water partition coefficient (Wildman–Crippen LogP) is 5.67. The average molecular weight is 545 g/mol. The molecule has 0 aliphatic carbocycles. The third-order valence-electron chi connectivity index (χ3n) is 6.34. The Kier molecular flexibility index (Phi) is 9.71. The van der Waals surface area contributed by atoms with Crippen LogP contribution in [0.1, 0.15) is 64.1 Å². The molecule has 204 valence electrons. The fraction of sp³-hybridized carbons (Fsp3) is 0.344. The molecule has 0 saturated heterocycles. The summed E-state index contributed by atoms with van der Waals surface area (Å²) in [5.74, 6) is 0.501. The minimum atomic E-state index is -0.643. The Morgan fingerprint density at radius 2 is 1.85 bits per heavy atom. The highest BCUT2D eigenvalue weighted by Gasteiger charge is 2.33. The topological polar surface area (TPSA) is 69.9 Å². The number of benzene rings is 2. The van der Waals surface area contributed by atoms with Crippen molar-refractivity contribution in [2.24, 2.45) is 10.9 Å². The van der Waals surface area contributed by atoms with E-state index in [1.165, 1.54) is 11.3 Å². The second kappa shape index (κ2) is 13.4. The number of ether oxygens (including phenoxy) is 2. The Bertz CT molecular complexity index is 1510. The van der Waals surface area contributed by atoms with Gasteiger partial charge < -0.3 is 9.47 Å². The SMILES string of the molecule is CCCCCOc1ccc(C2C(C(=O)OCC(C)C)=C(C)N=c3s/c(=C\C=C\c4ccccc4)c(=O)n32)cc1. The molecule has 0 amide bonds. The molecule has 6 nitrogen and oxygen atoms in total. The van der Waals surface area contributed by atoms with Crippen molar-refractivity contribution in [1.82, 2.24) is 4.57 Å². The Morgan fingerprint density at radius 3 is 2.54 bits per heavy atom. The van der Waals surface area contributed by atoms with E-state index in [1.807, 2.05) is 80.6 Å². The molecular weight excluding hydrogens is 508 g/mol. The minimum absolute atomic E-state index is 0.190. The number of hydrogen-bond donors (Lipinski definition) is 0. The maximum absolute atomic E-state index is 13.7. The highest BCUT2D eigenvalue weighted by molar-refractivity contribution is 7.07. The Labute approximate surface area is 233 Å². The van der Waals surface area contributed by atoms with E-state index in [1.54, 1.807) is 17.6 Å². The summed E-state index contributed by atoms with van der Waals surface area (Å²) >= 11 is 1.32. The number of thiazole rings is 1. The molecule has 2 heterocycles. The van der Waals surface area contributed by atoms with Gasteiger partial charge in [-0.25, -0.2) is 9.79 Å². The molecule has 2 aromatic carbocycles. The molecule has 0 N–H and O–H groups in total. The number of unbranched alkanes of at least 4 members (excludes halogenated alkanes) is 2. The maximum Gasteiger partial charge on any atom is 0.338 e. The molecule has 1 aliphatic rings. The first kappa shape index (κ1) is 28.3. The normalized spacial score (nSPS) is 15.5. The van der Waals surface area contributed by atoms with Crippen LogP contribution in [-0.4, -0.2) is 23.8 Å². The van der Waals surface area contributed by atoms with Crippen LogP contribution in [0.2, 0.25) is 0 Å². The summed E-state index contributed by atoms with van der Waals surface area (Å²) in [6, 6.07) is 16.9. The van der Waals surface area contributed by atoms with Crippen molar-refractivity contribution < 1.29 is 14.3 Å². The molecule has 0 spiro atoms. The van der Waals surface area contributed by atoms with Crippen molar-refractivity contribution >= 4 is 29.5 Å². The summed E-state index contributed by atoms with van der Waals surface area (Å²) in [6.45, 7) is 8.89. The monoisotopic (exact) mass is 544 g/mol. The first-order chi connectivity index (χ1) is 18.9. The Morgan fingerprint density at radius 1 is 1.10 bits per heavy atom. The van der Waals surface area contributed by atoms with Crippen LogP contribution < -0.4 is 19.6 Å². The van der Waals surface area contributed by atoms with Crippen LogP contribution in [0.4, 0.5) is 0 Å². The number of aromatic nitrogens is 1. The van der Waals surface area contributed by atoms with Crippen LogP contribution in [0.3, 0.4) is 0 Å². The second-order valence-corrected chi connectivity index (χ2v) is 11.0. The van der Waals surface area contributed by atoms with Gasteiger partial charge in [-0.2, -0.15) is 0 Å². The van der Waals surface area contributed by atoms with Crippen molar-refractivity contribution in [3.05, 3.63) is 103 Å². The third-order valence-corrected chi connectivity index (χ3v) is 7.34. The number of carbonyl (C=O) groups excluding carboxylic acids is 1. The van der Waals surface area contributed by atoms with Gasteiger partial charge in [0.25, 0.3) is 5.56 Å². The van der Waals surface area contributed by atoms with Gasteiger partial charge in [0.2, 0.25) is 0 Å². The lowest BCUT2D eigenvalue weighted by Crippen LogP contribution is -2.40. The van der Waals surface area contributed by atoms with E-state index in [0.29, 0.717) is 33.8 Å². The highest BCUT2D eigenvalue weighted by Crippen LogP contribution is 2.31. The summed E-state index contributed by atoms with van der Waals surface area (Å²) in [7, 11) is 0. The number of rotatable bonds is 11. The van der Waals surface area contributed by atoms with Gasteiger partial charge >= 0.3 is 5.97 Å². The maximum atomic E-state index is 13.7. The van der Waals surface area contributed by atoms with Crippen LogP contribution in [-0.2, 0) is 9.53 Å². The molecule has 0 bridgehead atoms.